The van der Waals surface area contributed by atoms with Crippen LogP contribution < -0.4 is 4.74 Å². The summed E-state index contributed by atoms with van der Waals surface area (Å²) in [5, 5.41) is 20.3. The highest BCUT2D eigenvalue weighted by Gasteiger charge is 2.48. The molecule has 34 heavy (non-hydrogen) atoms. The molecule has 4 aromatic rings. The number of nitriles is 1. The molecule has 6 rings (SSSR count). The molecule has 2 aromatic carbocycles. The van der Waals surface area contributed by atoms with Gasteiger partial charge in [0.1, 0.15) is 35.5 Å². The largest absolute Gasteiger partial charge is 0.469 e. The van der Waals surface area contributed by atoms with Crippen molar-refractivity contribution in [2.45, 2.75) is 24.4 Å². The zero-order valence-corrected chi connectivity index (χ0v) is 18.7. The van der Waals surface area contributed by atoms with Crippen molar-refractivity contribution in [3.05, 3.63) is 71.2 Å². The van der Waals surface area contributed by atoms with E-state index < -0.39 is 18.3 Å². The summed E-state index contributed by atoms with van der Waals surface area (Å²) in [4.78, 5) is 7.84. The maximum absolute atomic E-state index is 9.96. The zero-order chi connectivity index (χ0) is 23.2. The van der Waals surface area contributed by atoms with Gasteiger partial charge in [0, 0.05) is 5.56 Å². The van der Waals surface area contributed by atoms with Gasteiger partial charge in [0.15, 0.2) is 6.10 Å². The summed E-state index contributed by atoms with van der Waals surface area (Å²) in [6, 6.07) is 22.0. The molecule has 2 aliphatic rings. The molecule has 4 atom stereocenters. The number of nitrogens with zero attached hydrogens (tertiary/aromatic N) is 2. The molecular weight excluding hydrogens is 454 g/mol. The van der Waals surface area contributed by atoms with Gasteiger partial charge in [-0.05, 0) is 17.2 Å². The minimum absolute atomic E-state index is 0.205. The molecule has 0 radical (unpaired) electrons. The molecule has 2 unspecified atom stereocenters. The second-order valence-corrected chi connectivity index (χ2v) is 8.83. The fourth-order valence-corrected chi connectivity index (χ4v) is 4.87. The molecule has 0 amide bonds. The predicted molar refractivity (Wildman–Crippen MR) is 127 cm³/mol. The number of aliphatic hydroxyl groups is 1. The fraction of sp³-hybridized carbons (Fsp3) is 0.231. The van der Waals surface area contributed by atoms with Crippen molar-refractivity contribution in [3.63, 3.8) is 0 Å². The molecule has 8 heteroatoms. The lowest BCUT2D eigenvalue weighted by atomic mass is 10.0. The van der Waals surface area contributed by atoms with Crippen LogP contribution in [0.4, 0.5) is 0 Å². The number of fused-ring (bicyclic) bond motifs is 2. The van der Waals surface area contributed by atoms with Crippen LogP contribution in [0.2, 0.25) is 5.02 Å². The third-order valence-electron chi connectivity index (χ3n) is 6.32. The Balaban J connectivity index is 1.33. The number of hydrogen-bond donors (Lipinski definition) is 2. The van der Waals surface area contributed by atoms with Crippen LogP contribution in [0.1, 0.15) is 5.56 Å². The number of aromatic amines is 1. The number of hydrogen-bond acceptors (Lipinski definition) is 6. The van der Waals surface area contributed by atoms with E-state index in [-0.39, 0.29) is 30.8 Å². The summed E-state index contributed by atoms with van der Waals surface area (Å²) in [6.45, 7) is 0.469. The lowest BCUT2D eigenvalue weighted by Gasteiger charge is -2.16. The molecule has 2 aromatic heterocycles. The first-order valence-corrected chi connectivity index (χ1v) is 11.4. The van der Waals surface area contributed by atoms with Crippen molar-refractivity contribution >= 4 is 22.6 Å². The Bertz CT molecular complexity index is 1400. The average molecular weight is 474 g/mol. The number of halogens is 1. The Labute approximate surface area is 200 Å². The van der Waals surface area contributed by atoms with E-state index in [1.54, 1.807) is 6.07 Å². The van der Waals surface area contributed by atoms with E-state index in [4.69, 9.17) is 30.8 Å². The molecule has 0 bridgehead atoms. The standard InChI is InChI=1S/C26H20ClN3O4/c27-18-10-19-23(30-22(18)16-8-6-15(7-9-16)14-4-2-1-3-5-14)17(11-28)26(29-19)34-21-13-33-24-20(31)12-32-25(21)24/h1-10,20-21,24-25,29,31H,12-13H2/t20?,21?,24-,25-/m1/s1. The Kier molecular flexibility index (Phi) is 5.24. The number of benzene rings is 2. The second-order valence-electron chi connectivity index (χ2n) is 8.42. The molecule has 2 saturated heterocycles. The first-order chi connectivity index (χ1) is 16.6. The number of pyridine rings is 1. The van der Waals surface area contributed by atoms with E-state index in [0.717, 1.165) is 16.7 Å². The fourth-order valence-electron chi connectivity index (χ4n) is 4.61. The lowest BCUT2D eigenvalue weighted by Crippen LogP contribution is -2.34. The van der Waals surface area contributed by atoms with Crippen LogP contribution in [0.3, 0.4) is 0 Å². The molecule has 170 valence electrons. The molecule has 4 heterocycles. The van der Waals surface area contributed by atoms with Crippen molar-refractivity contribution in [1.82, 2.24) is 9.97 Å². The predicted octanol–water partition coefficient (Wildman–Crippen LogP) is 4.33. The minimum atomic E-state index is -0.673. The van der Waals surface area contributed by atoms with Crippen molar-refractivity contribution in [3.8, 4) is 34.3 Å². The maximum Gasteiger partial charge on any atom is 0.212 e. The van der Waals surface area contributed by atoms with Crippen LogP contribution in [0, 0.1) is 11.3 Å². The molecule has 2 fully saturated rings. The minimum Gasteiger partial charge on any atom is -0.469 e. The third-order valence-corrected chi connectivity index (χ3v) is 6.60. The topological polar surface area (TPSA) is 100 Å². The van der Waals surface area contributed by atoms with Gasteiger partial charge in [-0.15, -0.1) is 0 Å². The SMILES string of the molecule is N#Cc1c(OC2CO[C@@H]3C(O)CO[C@H]23)[nH]c2cc(Cl)c(-c3ccc(-c4ccccc4)cc3)nc12. The van der Waals surface area contributed by atoms with Gasteiger partial charge in [-0.2, -0.15) is 5.26 Å². The van der Waals surface area contributed by atoms with Gasteiger partial charge in [-0.3, -0.25) is 0 Å². The highest BCUT2D eigenvalue weighted by molar-refractivity contribution is 6.33. The smallest absolute Gasteiger partial charge is 0.212 e. The number of ether oxygens (including phenoxy) is 3. The molecule has 7 nitrogen and oxygen atoms in total. The van der Waals surface area contributed by atoms with Gasteiger partial charge in [0.2, 0.25) is 5.88 Å². The summed E-state index contributed by atoms with van der Waals surface area (Å²) in [6.07, 6.45) is -1.92. The van der Waals surface area contributed by atoms with E-state index >= 15 is 0 Å². The van der Waals surface area contributed by atoms with Gasteiger partial charge < -0.3 is 24.3 Å². The Morgan fingerprint density at radius 1 is 1.00 bits per heavy atom. The Hall–Kier alpha value is -3.41. The van der Waals surface area contributed by atoms with E-state index in [1.807, 2.05) is 42.5 Å². The van der Waals surface area contributed by atoms with Crippen LogP contribution in [0.15, 0.2) is 60.7 Å². The summed E-state index contributed by atoms with van der Waals surface area (Å²) < 4.78 is 17.3. The maximum atomic E-state index is 9.96. The zero-order valence-electron chi connectivity index (χ0n) is 17.9. The third kappa shape index (κ3) is 3.52. The van der Waals surface area contributed by atoms with Gasteiger partial charge in [-0.25, -0.2) is 4.98 Å². The van der Waals surface area contributed by atoms with Gasteiger partial charge in [0.25, 0.3) is 0 Å². The van der Waals surface area contributed by atoms with Crippen molar-refractivity contribution in [1.29, 1.82) is 5.26 Å². The molecule has 2 N–H and O–H groups in total. The quantitative estimate of drug-likeness (QED) is 0.457. The monoisotopic (exact) mass is 473 g/mol. The number of aliphatic hydroxyl groups excluding tert-OH is 1. The molecular formula is C26H20ClN3O4. The average Bonchev–Trinajstić information content (AvgIpc) is 3.54. The van der Waals surface area contributed by atoms with E-state index in [1.165, 1.54) is 0 Å². The van der Waals surface area contributed by atoms with Crippen LogP contribution in [0.25, 0.3) is 33.4 Å². The van der Waals surface area contributed by atoms with Crippen molar-refractivity contribution < 1.29 is 19.3 Å². The normalized spacial score (nSPS) is 23.7. The molecule has 2 aliphatic heterocycles. The van der Waals surface area contributed by atoms with Gasteiger partial charge in [0.05, 0.1) is 29.4 Å². The van der Waals surface area contributed by atoms with Gasteiger partial charge in [-0.1, -0.05) is 66.2 Å². The van der Waals surface area contributed by atoms with E-state index in [2.05, 4.69) is 23.2 Å². The van der Waals surface area contributed by atoms with Crippen LogP contribution in [-0.4, -0.2) is 52.7 Å². The highest BCUT2D eigenvalue weighted by Crippen LogP contribution is 2.36. The van der Waals surface area contributed by atoms with E-state index in [0.29, 0.717) is 21.7 Å². The van der Waals surface area contributed by atoms with Gasteiger partial charge >= 0.3 is 0 Å². The van der Waals surface area contributed by atoms with Crippen LogP contribution >= 0.6 is 11.6 Å². The second kappa shape index (κ2) is 8.42. The summed E-state index contributed by atoms with van der Waals surface area (Å²) >= 11 is 6.58. The first-order valence-electron chi connectivity index (χ1n) is 11.0. The van der Waals surface area contributed by atoms with Crippen molar-refractivity contribution in [2.24, 2.45) is 0 Å². The van der Waals surface area contributed by atoms with Crippen LogP contribution in [-0.2, 0) is 9.47 Å². The van der Waals surface area contributed by atoms with E-state index in [9.17, 15) is 10.4 Å². The summed E-state index contributed by atoms with van der Waals surface area (Å²) in [5.74, 6) is 0.289. The number of H-pyrrole nitrogens is 1. The summed E-state index contributed by atoms with van der Waals surface area (Å²) in [7, 11) is 0. The highest BCUT2D eigenvalue weighted by atomic mass is 35.5. The number of aromatic nitrogens is 2. The summed E-state index contributed by atoms with van der Waals surface area (Å²) in [5.41, 5.74) is 5.01. The number of nitrogens with one attached hydrogen (secondary N) is 1. The Morgan fingerprint density at radius 2 is 1.71 bits per heavy atom. The number of rotatable bonds is 4. The Morgan fingerprint density at radius 3 is 2.47 bits per heavy atom. The van der Waals surface area contributed by atoms with Crippen LogP contribution in [0.5, 0.6) is 5.88 Å². The molecule has 0 spiro atoms. The first kappa shape index (κ1) is 21.1. The molecule has 0 aliphatic carbocycles. The van der Waals surface area contributed by atoms with Crippen molar-refractivity contribution in [2.75, 3.05) is 13.2 Å². The lowest BCUT2D eigenvalue weighted by molar-refractivity contribution is 0.00789. The molecule has 0 saturated carbocycles.